The Bertz CT molecular complexity index is 2420. The van der Waals surface area contributed by atoms with Crippen molar-refractivity contribution < 1.29 is 56.6 Å². The second-order valence-electron chi connectivity index (χ2n) is 12.9. The van der Waals surface area contributed by atoms with E-state index >= 15 is 0 Å². The normalized spacial score (nSPS) is 15.7. The van der Waals surface area contributed by atoms with Crippen LogP contribution in [-0.4, -0.2) is 0 Å². The summed E-state index contributed by atoms with van der Waals surface area (Å²) in [6, 6.07) is 56.4. The fraction of sp³-hybridized carbons (Fsp3) is 0.0435. The largest absolute Gasteiger partial charge is 1.00 e. The number of hydrogen-bond donors (Lipinski definition) is 0. The third-order valence-electron chi connectivity index (χ3n) is 10.1. The summed E-state index contributed by atoms with van der Waals surface area (Å²) in [5.74, 6) is 3.77. The van der Waals surface area contributed by atoms with Crippen LogP contribution in [0.1, 0.15) is 41.1 Å². The van der Waals surface area contributed by atoms with Gasteiger partial charge < -0.3 is 24.8 Å². The molecule has 2 nitrogen and oxygen atoms in total. The molecule has 0 spiro atoms. The predicted molar refractivity (Wildman–Crippen MR) is 197 cm³/mol. The monoisotopic (exact) mass is 864 g/mol. The number of benzene rings is 6. The van der Waals surface area contributed by atoms with Crippen LogP contribution in [0.25, 0.3) is 67.5 Å². The molecule has 244 valence electrons. The second kappa shape index (κ2) is 13.8. The van der Waals surface area contributed by atoms with E-state index in [2.05, 4.69) is 158 Å². The Kier molecular flexibility index (Phi) is 9.06. The van der Waals surface area contributed by atoms with Crippen LogP contribution in [0, 0.1) is 0 Å². The molecule has 2 aliphatic carbocycles. The minimum atomic E-state index is -1.66. The first-order valence-corrected chi connectivity index (χ1v) is 21.0. The Labute approximate surface area is 320 Å². The molecule has 5 heteroatoms. The van der Waals surface area contributed by atoms with Gasteiger partial charge in [-0.3, -0.25) is 0 Å². The molecule has 2 unspecified atom stereocenters. The van der Waals surface area contributed by atoms with E-state index in [0.717, 1.165) is 34.2 Å². The van der Waals surface area contributed by atoms with E-state index in [0.29, 0.717) is 7.35 Å². The summed E-state index contributed by atoms with van der Waals surface area (Å²) in [6.45, 7) is 0. The van der Waals surface area contributed by atoms with E-state index < -0.39 is 22.9 Å². The fourth-order valence-corrected chi connectivity index (χ4v) is 14.9. The van der Waals surface area contributed by atoms with Gasteiger partial charge in [0.1, 0.15) is 0 Å². The van der Waals surface area contributed by atoms with Crippen molar-refractivity contribution in [3.8, 4) is 22.6 Å². The summed E-state index contributed by atoms with van der Waals surface area (Å²) < 4.78 is 14.1. The van der Waals surface area contributed by atoms with Crippen LogP contribution in [0.15, 0.2) is 167 Å². The summed E-state index contributed by atoms with van der Waals surface area (Å²) in [7, 11) is 0. The Hall–Kier alpha value is -4.67. The smallest absolute Gasteiger partial charge is 1.00 e. The summed E-state index contributed by atoms with van der Waals surface area (Å²) >= 11 is -1.66. The summed E-state index contributed by atoms with van der Waals surface area (Å²) in [6.07, 6.45) is 4.87. The molecule has 8 aromatic rings. The molecule has 6 aromatic carbocycles. The van der Waals surface area contributed by atoms with Gasteiger partial charge in [-0.15, -0.1) is 0 Å². The summed E-state index contributed by atoms with van der Waals surface area (Å²) in [5.41, 5.74) is 10.4. The van der Waals surface area contributed by atoms with Gasteiger partial charge in [0.2, 0.25) is 0 Å². The Balaban J connectivity index is 0.00000187. The number of fused-ring (bicyclic) bond motifs is 6. The van der Waals surface area contributed by atoms with Crippen LogP contribution in [-0.2, 0) is 22.9 Å². The third-order valence-corrected chi connectivity index (χ3v) is 16.9. The molecule has 2 aromatic heterocycles. The summed E-state index contributed by atoms with van der Waals surface area (Å²) in [4.78, 5) is 0. The number of rotatable bonds is 6. The van der Waals surface area contributed by atoms with Crippen LogP contribution in [0.5, 0.6) is 0 Å². The van der Waals surface area contributed by atoms with Gasteiger partial charge in [-0.05, 0) is 0 Å². The zero-order valence-electron chi connectivity index (χ0n) is 27.4. The third kappa shape index (κ3) is 5.78. The van der Waals surface area contributed by atoms with E-state index in [1.807, 2.05) is 12.1 Å². The Morgan fingerprint density at radius 1 is 0.373 bits per heavy atom. The van der Waals surface area contributed by atoms with Gasteiger partial charge >= 0.3 is 298 Å². The van der Waals surface area contributed by atoms with Crippen molar-refractivity contribution in [1.82, 2.24) is 0 Å². The van der Waals surface area contributed by atoms with Gasteiger partial charge in [0.05, 0.1) is 0 Å². The van der Waals surface area contributed by atoms with Gasteiger partial charge in [-0.1, -0.05) is 0 Å². The van der Waals surface area contributed by atoms with Crippen LogP contribution in [0.3, 0.4) is 0 Å². The molecule has 0 radical (unpaired) electrons. The topological polar surface area (TPSA) is 26.3 Å². The van der Waals surface area contributed by atoms with Gasteiger partial charge in [0.25, 0.3) is 0 Å². The van der Waals surface area contributed by atoms with Gasteiger partial charge in [0.15, 0.2) is 0 Å². The van der Waals surface area contributed by atoms with Crippen molar-refractivity contribution in [1.29, 1.82) is 0 Å². The van der Waals surface area contributed by atoms with Crippen molar-refractivity contribution in [2.75, 3.05) is 0 Å². The van der Waals surface area contributed by atoms with Crippen LogP contribution < -0.4 is 24.8 Å². The molecular weight excluding hydrogens is 834 g/mol. The van der Waals surface area contributed by atoms with Gasteiger partial charge in [0, 0.05) is 0 Å². The van der Waals surface area contributed by atoms with Crippen molar-refractivity contribution in [3.05, 3.63) is 191 Å². The molecule has 0 saturated heterocycles. The molecule has 0 saturated carbocycles. The first-order valence-electron chi connectivity index (χ1n) is 16.8. The molecule has 2 aliphatic rings. The number of hydrogen-bond acceptors (Lipinski definition) is 2. The number of allylic oxidation sites excluding steroid dienone is 2. The number of furan rings is 2. The average Bonchev–Trinajstić information content (AvgIpc) is 3.98. The van der Waals surface area contributed by atoms with E-state index in [1.165, 1.54) is 54.9 Å². The van der Waals surface area contributed by atoms with Crippen molar-refractivity contribution >= 4 is 44.8 Å². The fourth-order valence-electron chi connectivity index (χ4n) is 7.72. The van der Waals surface area contributed by atoms with Crippen molar-refractivity contribution in [2.24, 2.45) is 0 Å². The standard InChI is InChI=1S/2C23H15O.2ClH.Hf/c2*1-2-7-17(8-3-1)22-12-13-23(24-22)19-14-18-11-10-16-6-4-5-9-20(16)21(18)15-19;;;/h2*1-15H;2*1H;/q;;;;+2/p-2. The number of halogens is 2. The van der Waals surface area contributed by atoms with Crippen molar-refractivity contribution in [2.45, 2.75) is 7.35 Å². The minimum absolute atomic E-state index is 0. The molecule has 2 heterocycles. The SMILES string of the molecule is C1=C(c2ccc(-c3ccccc3)o2)[CH]([Hf+2][CH]2C(c3ccc(-c4ccccc4)o3)=Cc3c2ccc2ccccc32)c2ccc3ccccc3c21.[Cl-].[Cl-]. The van der Waals surface area contributed by atoms with Gasteiger partial charge in [-0.25, -0.2) is 0 Å². The summed E-state index contributed by atoms with van der Waals surface area (Å²) in [5, 5.41) is 5.17. The van der Waals surface area contributed by atoms with E-state index in [9.17, 15) is 0 Å². The van der Waals surface area contributed by atoms with Crippen LogP contribution in [0.2, 0.25) is 0 Å². The Morgan fingerprint density at radius 2 is 0.765 bits per heavy atom. The second-order valence-corrected chi connectivity index (χ2v) is 18.2. The molecule has 10 rings (SSSR count). The zero-order chi connectivity index (χ0) is 32.3. The predicted octanol–water partition coefficient (Wildman–Crippen LogP) is 6.49. The van der Waals surface area contributed by atoms with Crippen LogP contribution in [0.4, 0.5) is 0 Å². The van der Waals surface area contributed by atoms with Crippen LogP contribution >= 0.6 is 0 Å². The van der Waals surface area contributed by atoms with E-state index in [1.54, 1.807) is 0 Å². The van der Waals surface area contributed by atoms with Gasteiger partial charge in [-0.2, -0.15) is 0 Å². The average molecular weight is 864 g/mol. The van der Waals surface area contributed by atoms with Crippen molar-refractivity contribution in [3.63, 3.8) is 0 Å². The first kappa shape index (κ1) is 33.5. The molecule has 0 bridgehead atoms. The molecule has 51 heavy (non-hydrogen) atoms. The maximum Gasteiger partial charge on any atom is -1.00 e. The first-order chi connectivity index (χ1) is 24.3. The molecule has 0 N–H and O–H groups in total. The quantitative estimate of drug-likeness (QED) is 0.179. The minimum Gasteiger partial charge on any atom is -1.00 e. The molecule has 0 fully saturated rings. The Morgan fingerprint density at radius 3 is 1.22 bits per heavy atom. The molecule has 0 amide bonds. The molecule has 2 atom stereocenters. The van der Waals surface area contributed by atoms with E-state index in [-0.39, 0.29) is 24.8 Å². The molecule has 0 aliphatic heterocycles. The maximum atomic E-state index is 6.71. The maximum absolute atomic E-state index is 6.71. The molecular formula is C46H30Cl2HfO2. The van der Waals surface area contributed by atoms with E-state index in [4.69, 9.17) is 8.83 Å². The zero-order valence-corrected chi connectivity index (χ0v) is 32.5.